The highest BCUT2D eigenvalue weighted by Gasteiger charge is 2.56. The van der Waals surface area contributed by atoms with Gasteiger partial charge in [0, 0.05) is 6.54 Å². The van der Waals surface area contributed by atoms with Gasteiger partial charge in [0.25, 0.3) is 0 Å². The van der Waals surface area contributed by atoms with E-state index in [0.717, 1.165) is 24.0 Å². The highest BCUT2D eigenvalue weighted by Crippen LogP contribution is 2.47. The SMILES string of the molecule is Cc1cc(C)c(NC(=O)C2(C(=O)NCCCc3ccccc3)CC2)c(Cl)c1. The van der Waals surface area contributed by atoms with Crippen LogP contribution in [0.25, 0.3) is 0 Å². The standard InChI is InChI=1S/C22H25ClN2O2/c1-15-13-16(2)19(18(23)14-15)25-21(27)22(10-11-22)20(26)24-12-6-9-17-7-4-3-5-8-17/h3-5,7-8,13-14H,6,9-12H2,1-2H3,(H,24,26)(H,25,27). The van der Waals surface area contributed by atoms with E-state index in [9.17, 15) is 9.59 Å². The molecule has 3 rings (SSSR count). The number of rotatable bonds is 7. The summed E-state index contributed by atoms with van der Waals surface area (Å²) in [6, 6.07) is 13.9. The molecule has 2 aromatic rings. The van der Waals surface area contributed by atoms with Crippen molar-refractivity contribution < 1.29 is 9.59 Å². The summed E-state index contributed by atoms with van der Waals surface area (Å²) < 4.78 is 0. The molecule has 0 aliphatic heterocycles. The molecular weight excluding hydrogens is 360 g/mol. The molecule has 1 saturated carbocycles. The van der Waals surface area contributed by atoms with E-state index >= 15 is 0 Å². The normalized spacial score (nSPS) is 14.5. The Labute approximate surface area is 165 Å². The number of hydrogen-bond donors (Lipinski definition) is 2. The molecule has 0 heterocycles. The first kappa shape index (κ1) is 19.4. The number of carbonyl (C=O) groups is 2. The van der Waals surface area contributed by atoms with Crippen LogP contribution < -0.4 is 10.6 Å². The fourth-order valence-corrected chi connectivity index (χ4v) is 3.67. The smallest absolute Gasteiger partial charge is 0.240 e. The van der Waals surface area contributed by atoms with E-state index in [1.807, 2.05) is 44.2 Å². The number of nitrogens with one attached hydrogen (secondary N) is 2. The Hall–Kier alpha value is -2.33. The van der Waals surface area contributed by atoms with Crippen LogP contribution in [0.4, 0.5) is 5.69 Å². The van der Waals surface area contributed by atoms with Crippen molar-refractivity contribution in [3.8, 4) is 0 Å². The van der Waals surface area contributed by atoms with Gasteiger partial charge in [0.1, 0.15) is 5.41 Å². The van der Waals surface area contributed by atoms with Crippen molar-refractivity contribution in [3.05, 3.63) is 64.2 Å². The average molecular weight is 385 g/mol. The summed E-state index contributed by atoms with van der Waals surface area (Å²) in [6.45, 7) is 4.42. The molecule has 142 valence electrons. The van der Waals surface area contributed by atoms with Crippen LogP contribution in [-0.2, 0) is 16.0 Å². The van der Waals surface area contributed by atoms with Gasteiger partial charge >= 0.3 is 0 Å². The minimum absolute atomic E-state index is 0.186. The first-order chi connectivity index (χ1) is 12.9. The van der Waals surface area contributed by atoms with Crippen LogP contribution in [0.5, 0.6) is 0 Å². The molecule has 2 amide bonds. The van der Waals surface area contributed by atoms with Gasteiger partial charge in [-0.05, 0) is 62.3 Å². The molecule has 0 saturated heterocycles. The lowest BCUT2D eigenvalue weighted by Crippen LogP contribution is -2.40. The zero-order chi connectivity index (χ0) is 19.4. The van der Waals surface area contributed by atoms with Crippen LogP contribution in [0.3, 0.4) is 0 Å². The van der Waals surface area contributed by atoms with Gasteiger partial charge in [-0.3, -0.25) is 9.59 Å². The molecule has 0 spiro atoms. The molecule has 0 radical (unpaired) electrons. The monoisotopic (exact) mass is 384 g/mol. The lowest BCUT2D eigenvalue weighted by Gasteiger charge is -2.17. The fraction of sp³-hybridized carbons (Fsp3) is 0.364. The number of benzene rings is 2. The zero-order valence-corrected chi connectivity index (χ0v) is 16.5. The third-order valence-electron chi connectivity index (χ3n) is 5.06. The van der Waals surface area contributed by atoms with Crippen molar-refractivity contribution in [2.75, 3.05) is 11.9 Å². The molecule has 2 aromatic carbocycles. The van der Waals surface area contributed by atoms with E-state index in [4.69, 9.17) is 11.6 Å². The van der Waals surface area contributed by atoms with E-state index in [-0.39, 0.29) is 11.8 Å². The summed E-state index contributed by atoms with van der Waals surface area (Å²) in [5.74, 6) is -0.453. The first-order valence-electron chi connectivity index (χ1n) is 9.33. The predicted octanol–water partition coefficient (Wildman–Crippen LogP) is 4.42. The van der Waals surface area contributed by atoms with Gasteiger partial charge in [0.05, 0.1) is 10.7 Å². The van der Waals surface area contributed by atoms with E-state index in [0.29, 0.717) is 30.1 Å². The third kappa shape index (κ3) is 4.51. The minimum Gasteiger partial charge on any atom is -0.355 e. The molecule has 4 nitrogen and oxygen atoms in total. The largest absolute Gasteiger partial charge is 0.355 e. The maximum absolute atomic E-state index is 12.8. The van der Waals surface area contributed by atoms with Crippen molar-refractivity contribution in [1.82, 2.24) is 5.32 Å². The molecule has 27 heavy (non-hydrogen) atoms. The van der Waals surface area contributed by atoms with Gasteiger partial charge in [-0.1, -0.05) is 48.0 Å². The number of aryl methyl sites for hydroxylation is 3. The summed E-state index contributed by atoms with van der Waals surface area (Å²) >= 11 is 6.27. The molecule has 0 unspecified atom stereocenters. The van der Waals surface area contributed by atoms with E-state index in [1.54, 1.807) is 0 Å². The van der Waals surface area contributed by atoms with Crippen LogP contribution in [0.2, 0.25) is 5.02 Å². The van der Waals surface area contributed by atoms with E-state index in [2.05, 4.69) is 22.8 Å². The van der Waals surface area contributed by atoms with Gasteiger partial charge in [-0.25, -0.2) is 0 Å². The van der Waals surface area contributed by atoms with Crippen molar-refractivity contribution in [3.63, 3.8) is 0 Å². The quantitative estimate of drug-likeness (QED) is 0.548. The first-order valence-corrected chi connectivity index (χ1v) is 9.70. The Balaban J connectivity index is 1.54. The van der Waals surface area contributed by atoms with Gasteiger partial charge in [0.15, 0.2) is 0 Å². The van der Waals surface area contributed by atoms with Crippen LogP contribution in [0, 0.1) is 19.3 Å². The number of amides is 2. The second-order valence-electron chi connectivity index (χ2n) is 7.32. The van der Waals surface area contributed by atoms with Gasteiger partial charge < -0.3 is 10.6 Å². The lowest BCUT2D eigenvalue weighted by atomic mass is 10.0. The Kier molecular flexibility index (Phi) is 5.85. The molecular formula is C22H25ClN2O2. The van der Waals surface area contributed by atoms with Gasteiger partial charge in [0.2, 0.25) is 11.8 Å². The molecule has 0 atom stereocenters. The van der Waals surface area contributed by atoms with Crippen molar-refractivity contribution in [2.24, 2.45) is 5.41 Å². The van der Waals surface area contributed by atoms with Gasteiger partial charge in [-0.2, -0.15) is 0 Å². The topological polar surface area (TPSA) is 58.2 Å². The number of carbonyl (C=O) groups excluding carboxylic acids is 2. The minimum atomic E-state index is -0.951. The fourth-order valence-electron chi connectivity index (χ4n) is 3.30. The lowest BCUT2D eigenvalue weighted by molar-refractivity contribution is -0.134. The zero-order valence-electron chi connectivity index (χ0n) is 15.8. The molecule has 0 bridgehead atoms. The summed E-state index contributed by atoms with van der Waals surface area (Å²) in [5, 5.41) is 6.30. The highest BCUT2D eigenvalue weighted by atomic mass is 35.5. The maximum atomic E-state index is 12.8. The van der Waals surface area contributed by atoms with Crippen molar-refractivity contribution >= 4 is 29.1 Å². The number of anilines is 1. The second kappa shape index (κ2) is 8.13. The Morgan fingerprint density at radius 1 is 1.07 bits per heavy atom. The maximum Gasteiger partial charge on any atom is 0.240 e. The Bertz CT molecular complexity index is 822. The third-order valence-corrected chi connectivity index (χ3v) is 5.36. The average Bonchev–Trinajstić information content (AvgIpc) is 3.44. The number of halogens is 1. The Morgan fingerprint density at radius 3 is 2.41 bits per heavy atom. The van der Waals surface area contributed by atoms with Crippen LogP contribution in [0.1, 0.15) is 36.0 Å². The molecule has 5 heteroatoms. The van der Waals surface area contributed by atoms with Crippen molar-refractivity contribution in [2.45, 2.75) is 39.5 Å². The summed E-state index contributed by atoms with van der Waals surface area (Å²) in [5.41, 5.74) is 2.82. The van der Waals surface area contributed by atoms with Crippen molar-refractivity contribution in [1.29, 1.82) is 0 Å². The van der Waals surface area contributed by atoms with Crippen LogP contribution >= 0.6 is 11.6 Å². The molecule has 1 aliphatic carbocycles. The summed E-state index contributed by atoms with van der Waals surface area (Å²) in [6.07, 6.45) is 2.90. The van der Waals surface area contributed by atoms with Crippen LogP contribution in [-0.4, -0.2) is 18.4 Å². The number of hydrogen-bond acceptors (Lipinski definition) is 2. The highest BCUT2D eigenvalue weighted by molar-refractivity contribution is 6.34. The summed E-state index contributed by atoms with van der Waals surface area (Å²) in [4.78, 5) is 25.3. The van der Waals surface area contributed by atoms with Crippen LogP contribution in [0.15, 0.2) is 42.5 Å². The molecule has 1 fully saturated rings. The Morgan fingerprint density at radius 2 is 1.78 bits per heavy atom. The predicted molar refractivity (Wildman–Crippen MR) is 109 cm³/mol. The second-order valence-corrected chi connectivity index (χ2v) is 7.73. The van der Waals surface area contributed by atoms with E-state index < -0.39 is 5.41 Å². The van der Waals surface area contributed by atoms with E-state index in [1.165, 1.54) is 5.56 Å². The molecule has 1 aliphatic rings. The van der Waals surface area contributed by atoms with Gasteiger partial charge in [-0.15, -0.1) is 0 Å². The molecule has 2 N–H and O–H groups in total. The molecule has 0 aromatic heterocycles. The summed E-state index contributed by atoms with van der Waals surface area (Å²) in [7, 11) is 0.